The predicted octanol–water partition coefficient (Wildman–Crippen LogP) is 1.32. The Morgan fingerprint density at radius 3 is 2.67 bits per heavy atom. The van der Waals surface area contributed by atoms with Crippen molar-refractivity contribution < 1.29 is 0 Å². The molecule has 0 spiro atoms. The van der Waals surface area contributed by atoms with Crippen LogP contribution in [0.15, 0.2) is 6.20 Å². The monoisotopic (exact) mass is 289 g/mol. The molecule has 7 heteroatoms. The van der Waals surface area contributed by atoms with Crippen molar-refractivity contribution in [3.8, 4) is 0 Å². The maximum Gasteiger partial charge on any atom is 0.226 e. The maximum atomic E-state index is 4.68. The van der Waals surface area contributed by atoms with E-state index < -0.39 is 0 Å². The lowest BCUT2D eigenvalue weighted by atomic mass is 10.2. The Morgan fingerprint density at radius 2 is 2.00 bits per heavy atom. The Kier molecular flexibility index (Phi) is 3.92. The molecule has 0 unspecified atom stereocenters. The molecule has 2 aromatic rings. The molecule has 1 aliphatic rings. The summed E-state index contributed by atoms with van der Waals surface area (Å²) in [6.45, 7) is 11.5. The van der Waals surface area contributed by atoms with Gasteiger partial charge in [0, 0.05) is 38.8 Å². The SMILES string of the molecule is CCNc1nc(N2CCN(C(C)C)CC2)c2cn[nH]c2n1. The average molecular weight is 289 g/mol. The highest BCUT2D eigenvalue weighted by molar-refractivity contribution is 5.87. The fraction of sp³-hybridized carbons (Fsp3) is 0.643. The van der Waals surface area contributed by atoms with Crippen LogP contribution in [0, 0.1) is 0 Å². The van der Waals surface area contributed by atoms with Gasteiger partial charge in [0.2, 0.25) is 5.95 Å². The van der Waals surface area contributed by atoms with Crippen LogP contribution >= 0.6 is 0 Å². The van der Waals surface area contributed by atoms with Crippen molar-refractivity contribution in [2.45, 2.75) is 26.8 Å². The van der Waals surface area contributed by atoms with Gasteiger partial charge >= 0.3 is 0 Å². The quantitative estimate of drug-likeness (QED) is 0.884. The first-order chi connectivity index (χ1) is 10.2. The minimum absolute atomic E-state index is 0.601. The van der Waals surface area contributed by atoms with Gasteiger partial charge in [0.05, 0.1) is 11.6 Å². The first-order valence-corrected chi connectivity index (χ1v) is 7.63. The van der Waals surface area contributed by atoms with Crippen LogP contribution in [0.2, 0.25) is 0 Å². The Labute approximate surface area is 124 Å². The molecular weight excluding hydrogens is 266 g/mol. The van der Waals surface area contributed by atoms with Gasteiger partial charge in [0.1, 0.15) is 5.82 Å². The van der Waals surface area contributed by atoms with Gasteiger partial charge in [-0.25, -0.2) is 0 Å². The van der Waals surface area contributed by atoms with Crippen LogP contribution in [0.1, 0.15) is 20.8 Å². The molecule has 1 fully saturated rings. The number of nitrogens with one attached hydrogen (secondary N) is 2. The third-order valence-corrected chi connectivity index (χ3v) is 3.97. The number of aromatic nitrogens is 4. The molecule has 0 amide bonds. The first-order valence-electron chi connectivity index (χ1n) is 7.63. The van der Waals surface area contributed by atoms with E-state index in [1.165, 1.54) is 0 Å². The second kappa shape index (κ2) is 5.85. The van der Waals surface area contributed by atoms with E-state index in [0.29, 0.717) is 12.0 Å². The van der Waals surface area contributed by atoms with E-state index in [-0.39, 0.29) is 0 Å². The van der Waals surface area contributed by atoms with Crippen molar-refractivity contribution in [3.63, 3.8) is 0 Å². The number of fused-ring (bicyclic) bond motifs is 1. The second-order valence-electron chi connectivity index (χ2n) is 5.65. The van der Waals surface area contributed by atoms with Gasteiger partial charge in [-0.1, -0.05) is 0 Å². The lowest BCUT2D eigenvalue weighted by Gasteiger charge is -2.37. The van der Waals surface area contributed by atoms with Gasteiger partial charge < -0.3 is 10.2 Å². The molecule has 2 aromatic heterocycles. The number of nitrogens with zero attached hydrogens (tertiary/aromatic N) is 5. The molecule has 0 bridgehead atoms. The summed E-state index contributed by atoms with van der Waals surface area (Å²) in [6, 6.07) is 0.601. The summed E-state index contributed by atoms with van der Waals surface area (Å²) >= 11 is 0. The number of rotatable bonds is 4. The Hall–Kier alpha value is -1.89. The van der Waals surface area contributed by atoms with Crippen LogP contribution in [0.5, 0.6) is 0 Å². The molecule has 0 aromatic carbocycles. The molecule has 0 aliphatic carbocycles. The highest BCUT2D eigenvalue weighted by Gasteiger charge is 2.22. The minimum atomic E-state index is 0.601. The maximum absolute atomic E-state index is 4.68. The molecule has 1 aliphatic heterocycles. The van der Waals surface area contributed by atoms with E-state index in [9.17, 15) is 0 Å². The molecule has 3 heterocycles. The third-order valence-electron chi connectivity index (χ3n) is 3.97. The fourth-order valence-corrected chi connectivity index (χ4v) is 2.75. The summed E-state index contributed by atoms with van der Waals surface area (Å²) in [4.78, 5) is 14.0. The van der Waals surface area contributed by atoms with Crippen molar-refractivity contribution in [2.24, 2.45) is 0 Å². The van der Waals surface area contributed by atoms with Crippen LogP contribution < -0.4 is 10.2 Å². The standard InChI is InChI=1S/C14H23N7/c1-4-15-14-17-12-11(9-16-19-12)13(18-14)21-7-5-20(6-8-21)10(2)3/h9-10H,4-8H2,1-3H3,(H2,15,16,17,18,19). The van der Waals surface area contributed by atoms with Crippen molar-refractivity contribution in [1.29, 1.82) is 0 Å². The van der Waals surface area contributed by atoms with Crippen molar-refractivity contribution in [3.05, 3.63) is 6.20 Å². The number of piperazine rings is 1. The Morgan fingerprint density at radius 1 is 1.24 bits per heavy atom. The summed E-state index contributed by atoms with van der Waals surface area (Å²) < 4.78 is 0. The Bertz CT molecular complexity index is 598. The number of hydrogen-bond donors (Lipinski definition) is 2. The second-order valence-corrected chi connectivity index (χ2v) is 5.65. The fourth-order valence-electron chi connectivity index (χ4n) is 2.75. The van der Waals surface area contributed by atoms with Crippen LogP contribution in [0.25, 0.3) is 11.0 Å². The average Bonchev–Trinajstić information content (AvgIpc) is 2.95. The summed E-state index contributed by atoms with van der Waals surface area (Å²) in [7, 11) is 0. The third kappa shape index (κ3) is 2.78. The molecular formula is C14H23N7. The molecule has 2 N–H and O–H groups in total. The number of hydrogen-bond acceptors (Lipinski definition) is 6. The van der Waals surface area contributed by atoms with Gasteiger partial charge in [-0.15, -0.1) is 0 Å². The number of aromatic amines is 1. The van der Waals surface area contributed by atoms with Gasteiger partial charge in [0.15, 0.2) is 5.65 Å². The molecule has 21 heavy (non-hydrogen) atoms. The molecule has 0 radical (unpaired) electrons. The molecule has 114 valence electrons. The highest BCUT2D eigenvalue weighted by Crippen LogP contribution is 2.25. The van der Waals surface area contributed by atoms with E-state index in [4.69, 9.17) is 0 Å². The Balaban J connectivity index is 1.87. The van der Waals surface area contributed by atoms with Gasteiger partial charge in [-0.05, 0) is 20.8 Å². The topological polar surface area (TPSA) is 73.0 Å². The van der Waals surface area contributed by atoms with Gasteiger partial charge in [-0.3, -0.25) is 10.00 Å². The summed E-state index contributed by atoms with van der Waals surface area (Å²) in [5.74, 6) is 1.64. The van der Waals surface area contributed by atoms with Crippen LogP contribution in [0.3, 0.4) is 0 Å². The van der Waals surface area contributed by atoms with Crippen LogP contribution in [0.4, 0.5) is 11.8 Å². The highest BCUT2D eigenvalue weighted by atomic mass is 15.3. The first kappa shape index (κ1) is 14.1. The van der Waals surface area contributed by atoms with E-state index in [1.54, 1.807) is 0 Å². The molecule has 0 atom stereocenters. The summed E-state index contributed by atoms with van der Waals surface area (Å²) in [5, 5.41) is 11.2. The number of H-pyrrole nitrogens is 1. The molecule has 3 rings (SSSR count). The zero-order valence-corrected chi connectivity index (χ0v) is 12.9. The predicted molar refractivity (Wildman–Crippen MR) is 84.8 cm³/mol. The molecule has 0 saturated carbocycles. The van der Waals surface area contributed by atoms with Crippen molar-refractivity contribution in [2.75, 3.05) is 42.9 Å². The van der Waals surface area contributed by atoms with E-state index in [2.05, 4.69) is 49.1 Å². The van der Waals surface area contributed by atoms with E-state index >= 15 is 0 Å². The minimum Gasteiger partial charge on any atom is -0.354 e. The van der Waals surface area contributed by atoms with Crippen LogP contribution in [-0.2, 0) is 0 Å². The van der Waals surface area contributed by atoms with E-state index in [0.717, 1.165) is 49.6 Å². The lowest BCUT2D eigenvalue weighted by Crippen LogP contribution is -2.49. The largest absolute Gasteiger partial charge is 0.354 e. The number of anilines is 2. The van der Waals surface area contributed by atoms with E-state index in [1.807, 2.05) is 13.1 Å². The van der Waals surface area contributed by atoms with Crippen LogP contribution in [-0.4, -0.2) is 63.8 Å². The lowest BCUT2D eigenvalue weighted by molar-refractivity contribution is 0.209. The smallest absolute Gasteiger partial charge is 0.226 e. The summed E-state index contributed by atoms with van der Waals surface area (Å²) in [5.41, 5.74) is 0.794. The molecule has 7 nitrogen and oxygen atoms in total. The van der Waals surface area contributed by atoms with Crippen molar-refractivity contribution in [1.82, 2.24) is 25.1 Å². The van der Waals surface area contributed by atoms with Gasteiger partial charge in [-0.2, -0.15) is 15.1 Å². The summed E-state index contributed by atoms with van der Waals surface area (Å²) in [6.07, 6.45) is 1.81. The molecule has 1 saturated heterocycles. The zero-order chi connectivity index (χ0) is 14.8. The normalized spacial score (nSPS) is 16.9. The van der Waals surface area contributed by atoms with Crippen molar-refractivity contribution >= 4 is 22.8 Å². The zero-order valence-electron chi connectivity index (χ0n) is 12.9. The van der Waals surface area contributed by atoms with Gasteiger partial charge in [0.25, 0.3) is 0 Å².